The van der Waals surface area contributed by atoms with E-state index in [0.29, 0.717) is 6.61 Å². The monoisotopic (exact) mass is 254 g/mol. The lowest BCUT2D eigenvalue weighted by atomic mass is 9.86. The predicted octanol–water partition coefficient (Wildman–Crippen LogP) is 4.80. The van der Waals surface area contributed by atoms with Crippen LogP contribution in [0.3, 0.4) is 0 Å². The molecule has 0 fully saturated rings. The fraction of sp³-hybridized carbons (Fsp3) is 0.333. The molecule has 0 saturated heterocycles. The highest BCUT2D eigenvalue weighted by molar-refractivity contribution is 5.64. The van der Waals surface area contributed by atoms with E-state index in [1.807, 2.05) is 0 Å². The molecule has 2 aromatic rings. The zero-order chi connectivity index (χ0) is 13.9. The lowest BCUT2D eigenvalue weighted by Gasteiger charge is -2.19. The molecule has 0 aliphatic heterocycles. The lowest BCUT2D eigenvalue weighted by Crippen LogP contribution is -2.10. The number of hydrogen-bond donors (Lipinski definition) is 0. The molecular formula is C18H22O. The highest BCUT2D eigenvalue weighted by Crippen LogP contribution is 2.26. The molecule has 1 nitrogen and oxygen atoms in total. The first kappa shape index (κ1) is 13.8. The zero-order valence-corrected chi connectivity index (χ0v) is 12.2. The minimum atomic E-state index is 0.205. The normalized spacial score (nSPS) is 11.6. The van der Waals surface area contributed by atoms with E-state index in [-0.39, 0.29) is 5.41 Å². The minimum Gasteiger partial charge on any atom is -0.380 e. The Labute approximate surface area is 116 Å². The molecule has 19 heavy (non-hydrogen) atoms. The van der Waals surface area contributed by atoms with Crippen LogP contribution < -0.4 is 0 Å². The summed E-state index contributed by atoms with van der Waals surface area (Å²) in [5, 5.41) is 0. The van der Waals surface area contributed by atoms with Crippen LogP contribution in [0, 0.1) is 0 Å². The minimum absolute atomic E-state index is 0.205. The summed E-state index contributed by atoms with van der Waals surface area (Å²) in [5.74, 6) is 0. The van der Waals surface area contributed by atoms with E-state index < -0.39 is 0 Å². The molecule has 1 heteroatoms. The summed E-state index contributed by atoms with van der Waals surface area (Å²) in [4.78, 5) is 0. The number of methoxy groups -OCH3 is 1. The first-order valence-electron chi connectivity index (χ1n) is 6.69. The second-order valence-corrected chi connectivity index (χ2v) is 5.96. The van der Waals surface area contributed by atoms with Gasteiger partial charge < -0.3 is 4.74 Å². The Bertz CT molecular complexity index is 532. The molecule has 2 aromatic carbocycles. The maximum absolute atomic E-state index is 5.18. The topological polar surface area (TPSA) is 9.23 Å². The molecule has 0 atom stereocenters. The van der Waals surface area contributed by atoms with Crippen LogP contribution in [-0.2, 0) is 16.8 Å². The average molecular weight is 254 g/mol. The van der Waals surface area contributed by atoms with Gasteiger partial charge >= 0.3 is 0 Å². The molecule has 0 amide bonds. The molecule has 0 aliphatic rings. The van der Waals surface area contributed by atoms with E-state index >= 15 is 0 Å². The van der Waals surface area contributed by atoms with Crippen molar-refractivity contribution < 1.29 is 4.74 Å². The van der Waals surface area contributed by atoms with Gasteiger partial charge in [-0.05, 0) is 33.7 Å². The summed E-state index contributed by atoms with van der Waals surface area (Å²) in [6.45, 7) is 7.37. The third kappa shape index (κ3) is 3.45. The van der Waals surface area contributed by atoms with E-state index in [1.165, 1.54) is 22.3 Å². The Kier molecular flexibility index (Phi) is 4.06. The molecule has 2 rings (SSSR count). The Balaban J connectivity index is 2.29. The van der Waals surface area contributed by atoms with Gasteiger partial charge in [0, 0.05) is 7.11 Å². The fourth-order valence-electron chi connectivity index (χ4n) is 2.17. The standard InChI is InChI=1S/C18H22O/c1-18(2,3)17-10-8-15(9-11-17)16-7-5-6-14(12-16)13-19-4/h5-12H,13H2,1-4H3. The average Bonchev–Trinajstić information content (AvgIpc) is 2.39. The van der Waals surface area contributed by atoms with Crippen molar-refractivity contribution in [2.24, 2.45) is 0 Å². The van der Waals surface area contributed by atoms with E-state index in [2.05, 4.69) is 69.3 Å². The van der Waals surface area contributed by atoms with Crippen molar-refractivity contribution in [3.63, 3.8) is 0 Å². The molecule has 0 aromatic heterocycles. The summed E-state index contributed by atoms with van der Waals surface area (Å²) >= 11 is 0. The van der Waals surface area contributed by atoms with Crippen molar-refractivity contribution in [2.45, 2.75) is 32.8 Å². The molecule has 0 N–H and O–H groups in total. The Morgan fingerprint density at radius 1 is 0.895 bits per heavy atom. The zero-order valence-electron chi connectivity index (χ0n) is 12.2. The van der Waals surface area contributed by atoms with Gasteiger partial charge in [-0.1, -0.05) is 63.2 Å². The van der Waals surface area contributed by atoms with Crippen LogP contribution in [0.25, 0.3) is 11.1 Å². The summed E-state index contributed by atoms with van der Waals surface area (Å²) in [5.41, 5.74) is 5.28. The van der Waals surface area contributed by atoms with Gasteiger partial charge in [-0.3, -0.25) is 0 Å². The van der Waals surface area contributed by atoms with Crippen LogP contribution in [0.15, 0.2) is 48.5 Å². The molecule has 0 saturated carbocycles. The lowest BCUT2D eigenvalue weighted by molar-refractivity contribution is 0.185. The third-order valence-corrected chi connectivity index (χ3v) is 3.32. The molecule has 0 heterocycles. The molecule has 100 valence electrons. The van der Waals surface area contributed by atoms with Crippen molar-refractivity contribution >= 4 is 0 Å². The molecule has 0 aliphatic carbocycles. The van der Waals surface area contributed by atoms with Gasteiger partial charge in [0.25, 0.3) is 0 Å². The maximum atomic E-state index is 5.18. The van der Waals surface area contributed by atoms with Gasteiger partial charge in [0.2, 0.25) is 0 Å². The number of benzene rings is 2. The van der Waals surface area contributed by atoms with Gasteiger partial charge in [0.15, 0.2) is 0 Å². The number of ether oxygens (including phenoxy) is 1. The van der Waals surface area contributed by atoms with Crippen molar-refractivity contribution in [2.75, 3.05) is 7.11 Å². The van der Waals surface area contributed by atoms with Crippen LogP contribution in [0.4, 0.5) is 0 Å². The van der Waals surface area contributed by atoms with Crippen LogP contribution >= 0.6 is 0 Å². The number of rotatable bonds is 3. The summed E-state index contributed by atoms with van der Waals surface area (Å²) in [6.07, 6.45) is 0. The van der Waals surface area contributed by atoms with Crippen LogP contribution in [-0.4, -0.2) is 7.11 Å². The predicted molar refractivity (Wildman–Crippen MR) is 81.3 cm³/mol. The van der Waals surface area contributed by atoms with Crippen molar-refractivity contribution in [3.05, 3.63) is 59.7 Å². The number of hydrogen-bond acceptors (Lipinski definition) is 1. The van der Waals surface area contributed by atoms with E-state index in [1.54, 1.807) is 7.11 Å². The second kappa shape index (κ2) is 5.58. The highest BCUT2D eigenvalue weighted by atomic mass is 16.5. The summed E-state index contributed by atoms with van der Waals surface area (Å²) in [6, 6.07) is 17.4. The Morgan fingerprint density at radius 3 is 2.16 bits per heavy atom. The van der Waals surface area contributed by atoms with E-state index in [4.69, 9.17) is 4.74 Å². The SMILES string of the molecule is COCc1cccc(-c2ccc(C(C)(C)C)cc2)c1. The van der Waals surface area contributed by atoms with Crippen LogP contribution in [0.2, 0.25) is 0 Å². The highest BCUT2D eigenvalue weighted by Gasteiger charge is 2.12. The van der Waals surface area contributed by atoms with Gasteiger partial charge in [-0.25, -0.2) is 0 Å². The van der Waals surface area contributed by atoms with Crippen LogP contribution in [0.5, 0.6) is 0 Å². The smallest absolute Gasteiger partial charge is 0.0713 e. The Morgan fingerprint density at radius 2 is 1.58 bits per heavy atom. The molecule has 0 spiro atoms. The summed E-state index contributed by atoms with van der Waals surface area (Å²) in [7, 11) is 1.73. The van der Waals surface area contributed by atoms with Crippen LogP contribution in [0.1, 0.15) is 31.9 Å². The van der Waals surface area contributed by atoms with Crippen molar-refractivity contribution in [1.29, 1.82) is 0 Å². The molecule has 0 unspecified atom stereocenters. The van der Waals surface area contributed by atoms with Gasteiger partial charge in [-0.2, -0.15) is 0 Å². The molecular weight excluding hydrogens is 232 g/mol. The first-order valence-corrected chi connectivity index (χ1v) is 6.69. The quantitative estimate of drug-likeness (QED) is 0.764. The van der Waals surface area contributed by atoms with Crippen molar-refractivity contribution in [3.8, 4) is 11.1 Å². The van der Waals surface area contributed by atoms with E-state index in [9.17, 15) is 0 Å². The fourth-order valence-corrected chi connectivity index (χ4v) is 2.17. The summed E-state index contributed by atoms with van der Waals surface area (Å²) < 4.78 is 5.18. The van der Waals surface area contributed by atoms with Crippen molar-refractivity contribution in [1.82, 2.24) is 0 Å². The van der Waals surface area contributed by atoms with Gasteiger partial charge in [-0.15, -0.1) is 0 Å². The maximum Gasteiger partial charge on any atom is 0.0713 e. The molecule has 0 radical (unpaired) electrons. The third-order valence-electron chi connectivity index (χ3n) is 3.32. The van der Waals surface area contributed by atoms with Gasteiger partial charge in [0.05, 0.1) is 6.61 Å². The molecule has 0 bridgehead atoms. The second-order valence-electron chi connectivity index (χ2n) is 5.96. The first-order chi connectivity index (χ1) is 9.00. The largest absolute Gasteiger partial charge is 0.380 e. The van der Waals surface area contributed by atoms with Gasteiger partial charge in [0.1, 0.15) is 0 Å². The Hall–Kier alpha value is -1.60. The van der Waals surface area contributed by atoms with E-state index in [0.717, 1.165) is 0 Å².